The molecule has 0 aliphatic rings. The number of carbonyl (C=O) groups is 2. The van der Waals surface area contributed by atoms with Gasteiger partial charge in [-0.25, -0.2) is 0 Å². The van der Waals surface area contributed by atoms with Crippen LogP contribution in [0.25, 0.3) is 0 Å². The number of aryl methyl sites for hydroxylation is 1. The highest BCUT2D eigenvalue weighted by Gasteiger charge is 2.15. The second kappa shape index (κ2) is 7.97. The second-order valence-electron chi connectivity index (χ2n) is 5.89. The van der Waals surface area contributed by atoms with Gasteiger partial charge in [0.05, 0.1) is 18.1 Å². The van der Waals surface area contributed by atoms with E-state index in [1.165, 1.54) is 10.7 Å². The molecule has 0 atom stereocenters. The van der Waals surface area contributed by atoms with Gasteiger partial charge < -0.3 is 10.6 Å². The van der Waals surface area contributed by atoms with Crippen molar-refractivity contribution in [3.63, 3.8) is 0 Å². The first-order valence-corrected chi connectivity index (χ1v) is 8.24. The Hall–Kier alpha value is -3.92. The fraction of sp³-hybridized carbons (Fsp3) is 0.100. The van der Waals surface area contributed by atoms with E-state index < -0.39 is 5.91 Å². The van der Waals surface area contributed by atoms with Crippen molar-refractivity contribution in [3.05, 3.63) is 77.5 Å². The van der Waals surface area contributed by atoms with Crippen LogP contribution in [-0.2, 0) is 18.3 Å². The molecule has 27 heavy (non-hydrogen) atoms. The summed E-state index contributed by atoms with van der Waals surface area (Å²) in [4.78, 5) is 24.5. The highest BCUT2D eigenvalue weighted by molar-refractivity contribution is 6.04. The zero-order valence-corrected chi connectivity index (χ0v) is 14.6. The summed E-state index contributed by atoms with van der Waals surface area (Å²) in [5.74, 6) is -0.164. The fourth-order valence-corrected chi connectivity index (χ4v) is 2.49. The number of aromatic nitrogens is 2. The average Bonchev–Trinajstić information content (AvgIpc) is 3.03. The van der Waals surface area contributed by atoms with Crippen LogP contribution < -0.4 is 10.6 Å². The highest BCUT2D eigenvalue weighted by atomic mass is 16.2. The molecule has 134 valence electrons. The average molecular weight is 359 g/mol. The highest BCUT2D eigenvalue weighted by Crippen LogP contribution is 2.14. The van der Waals surface area contributed by atoms with E-state index in [9.17, 15) is 9.59 Å². The van der Waals surface area contributed by atoms with Crippen molar-refractivity contribution in [2.45, 2.75) is 6.42 Å². The number of nitrogens with one attached hydrogen (secondary N) is 2. The molecule has 0 bridgehead atoms. The Morgan fingerprint density at radius 1 is 1.07 bits per heavy atom. The monoisotopic (exact) mass is 359 g/mol. The third-order valence-corrected chi connectivity index (χ3v) is 3.86. The first-order chi connectivity index (χ1) is 13.0. The molecule has 2 amide bonds. The van der Waals surface area contributed by atoms with E-state index in [1.807, 2.05) is 36.4 Å². The molecule has 1 aromatic heterocycles. The third-order valence-electron chi connectivity index (χ3n) is 3.86. The Morgan fingerprint density at radius 3 is 2.44 bits per heavy atom. The fourth-order valence-electron chi connectivity index (χ4n) is 2.49. The van der Waals surface area contributed by atoms with Gasteiger partial charge in [0.25, 0.3) is 5.91 Å². The van der Waals surface area contributed by atoms with Crippen molar-refractivity contribution < 1.29 is 9.59 Å². The van der Waals surface area contributed by atoms with Gasteiger partial charge in [-0.15, -0.1) is 0 Å². The molecule has 2 aromatic carbocycles. The predicted octanol–water partition coefficient (Wildman–Crippen LogP) is 2.73. The van der Waals surface area contributed by atoms with E-state index >= 15 is 0 Å². The largest absolute Gasteiger partial charge is 0.321 e. The first-order valence-electron chi connectivity index (χ1n) is 8.24. The second-order valence-corrected chi connectivity index (χ2v) is 5.89. The van der Waals surface area contributed by atoms with Crippen molar-refractivity contribution in [1.82, 2.24) is 9.78 Å². The zero-order chi connectivity index (χ0) is 19.2. The minimum absolute atomic E-state index is 0.178. The molecule has 0 fully saturated rings. The van der Waals surface area contributed by atoms with Gasteiger partial charge in [-0.3, -0.25) is 14.3 Å². The Morgan fingerprint density at radius 2 is 1.78 bits per heavy atom. The normalized spacial score (nSPS) is 10.1. The topological polar surface area (TPSA) is 99.8 Å². The van der Waals surface area contributed by atoms with Crippen LogP contribution in [0.2, 0.25) is 0 Å². The van der Waals surface area contributed by atoms with Gasteiger partial charge >= 0.3 is 0 Å². The van der Waals surface area contributed by atoms with Gasteiger partial charge in [0.15, 0.2) is 5.69 Å². The van der Waals surface area contributed by atoms with Crippen LogP contribution in [0.5, 0.6) is 0 Å². The molecule has 0 unspecified atom stereocenters. The molecule has 0 radical (unpaired) electrons. The lowest BCUT2D eigenvalue weighted by atomic mass is 10.1. The number of amides is 2. The molecular weight excluding hydrogens is 342 g/mol. The number of benzene rings is 2. The number of nitriles is 1. The molecule has 3 aromatic rings. The molecule has 2 N–H and O–H groups in total. The molecule has 0 aliphatic carbocycles. The predicted molar refractivity (Wildman–Crippen MR) is 101 cm³/mol. The van der Waals surface area contributed by atoms with Crippen LogP contribution in [0.15, 0.2) is 60.7 Å². The van der Waals surface area contributed by atoms with E-state index in [-0.39, 0.29) is 18.0 Å². The molecule has 0 aliphatic heterocycles. The van der Waals surface area contributed by atoms with Gasteiger partial charge in [0.1, 0.15) is 5.82 Å². The van der Waals surface area contributed by atoms with E-state index in [1.54, 1.807) is 31.3 Å². The number of anilines is 2. The molecule has 0 saturated heterocycles. The van der Waals surface area contributed by atoms with Crippen molar-refractivity contribution >= 4 is 23.3 Å². The third kappa shape index (κ3) is 4.58. The van der Waals surface area contributed by atoms with Gasteiger partial charge in [-0.05, 0) is 29.8 Å². The maximum Gasteiger partial charge on any atom is 0.276 e. The van der Waals surface area contributed by atoms with Gasteiger partial charge in [-0.2, -0.15) is 10.4 Å². The molecule has 7 nitrogen and oxygen atoms in total. The molecule has 7 heteroatoms. The molecule has 0 saturated carbocycles. The summed E-state index contributed by atoms with van der Waals surface area (Å²) in [6.07, 6.45) is 0.235. The quantitative estimate of drug-likeness (QED) is 0.731. The Kier molecular flexibility index (Phi) is 5.28. The summed E-state index contributed by atoms with van der Waals surface area (Å²) < 4.78 is 1.44. The smallest absolute Gasteiger partial charge is 0.276 e. The number of nitrogens with zero attached hydrogens (tertiary/aromatic N) is 3. The maximum atomic E-state index is 12.3. The van der Waals surface area contributed by atoms with Crippen LogP contribution >= 0.6 is 0 Å². The van der Waals surface area contributed by atoms with Crippen molar-refractivity contribution in [3.8, 4) is 6.07 Å². The van der Waals surface area contributed by atoms with Crippen molar-refractivity contribution in [2.24, 2.45) is 7.05 Å². The minimum atomic E-state index is -0.404. The van der Waals surface area contributed by atoms with Gasteiger partial charge in [0, 0.05) is 18.8 Å². The molecule has 0 spiro atoms. The summed E-state index contributed by atoms with van der Waals surface area (Å²) in [5.41, 5.74) is 2.14. The number of rotatable bonds is 5. The van der Waals surface area contributed by atoms with E-state index in [0.717, 1.165) is 5.56 Å². The molecule has 1 heterocycles. The Labute approximate surface area is 156 Å². The molecular formula is C20H17N5O2. The van der Waals surface area contributed by atoms with Crippen molar-refractivity contribution in [2.75, 3.05) is 10.6 Å². The van der Waals surface area contributed by atoms with Gasteiger partial charge in [-0.1, -0.05) is 30.3 Å². The number of hydrogen-bond donors (Lipinski definition) is 2. The molecule has 3 rings (SSSR count). The van der Waals surface area contributed by atoms with Crippen LogP contribution in [-0.4, -0.2) is 21.6 Å². The lowest BCUT2D eigenvalue weighted by Gasteiger charge is -2.04. The Balaban J connectivity index is 1.65. The minimum Gasteiger partial charge on any atom is -0.321 e. The first kappa shape index (κ1) is 17.9. The van der Waals surface area contributed by atoms with E-state index in [4.69, 9.17) is 5.26 Å². The van der Waals surface area contributed by atoms with Crippen LogP contribution in [0.4, 0.5) is 11.5 Å². The van der Waals surface area contributed by atoms with E-state index in [0.29, 0.717) is 17.1 Å². The number of carbonyl (C=O) groups excluding carboxylic acids is 2. The maximum absolute atomic E-state index is 12.3. The summed E-state index contributed by atoms with van der Waals surface area (Å²) >= 11 is 0. The lowest BCUT2D eigenvalue weighted by molar-refractivity contribution is -0.115. The SMILES string of the molecule is Cn1nc(C(=O)Nc2ccc(C#N)cc2)cc1NC(=O)Cc1ccccc1. The van der Waals surface area contributed by atoms with Gasteiger partial charge in [0.2, 0.25) is 5.91 Å². The van der Waals surface area contributed by atoms with E-state index in [2.05, 4.69) is 15.7 Å². The van der Waals surface area contributed by atoms with Crippen molar-refractivity contribution in [1.29, 1.82) is 5.26 Å². The summed E-state index contributed by atoms with van der Waals surface area (Å²) in [5, 5.41) is 18.4. The standard InChI is InChI=1S/C20H17N5O2/c1-25-18(23-19(26)11-14-5-3-2-4-6-14)12-17(24-25)20(27)22-16-9-7-15(13-21)8-10-16/h2-10,12H,11H2,1H3,(H,22,27)(H,23,26). The summed E-state index contributed by atoms with van der Waals surface area (Å²) in [6.45, 7) is 0. The Bertz CT molecular complexity index is 1000. The van der Waals surface area contributed by atoms with Crippen LogP contribution in [0.3, 0.4) is 0 Å². The lowest BCUT2D eigenvalue weighted by Crippen LogP contribution is -2.16. The zero-order valence-electron chi connectivity index (χ0n) is 14.6. The van der Waals surface area contributed by atoms with Crippen LogP contribution in [0.1, 0.15) is 21.6 Å². The summed E-state index contributed by atoms with van der Waals surface area (Å²) in [6, 6.07) is 19.4. The van der Waals surface area contributed by atoms with Crippen LogP contribution in [0, 0.1) is 11.3 Å². The number of hydrogen-bond acceptors (Lipinski definition) is 4. The summed E-state index contributed by atoms with van der Waals surface area (Å²) in [7, 11) is 1.65.